The monoisotopic (exact) mass is 256 g/mol. The number of hydrogen-bond donors (Lipinski definition) is 1. The van der Waals surface area contributed by atoms with E-state index in [9.17, 15) is 9.90 Å². The summed E-state index contributed by atoms with van der Waals surface area (Å²) in [5, 5.41) is 10.3. The van der Waals surface area contributed by atoms with Crippen molar-refractivity contribution < 1.29 is 14.6 Å². The molecule has 0 saturated heterocycles. The summed E-state index contributed by atoms with van der Waals surface area (Å²) in [6, 6.07) is 1.70. The van der Waals surface area contributed by atoms with E-state index in [4.69, 9.17) is 16.3 Å². The predicted molar refractivity (Wildman–Crippen MR) is 68.1 cm³/mol. The molecule has 0 bridgehead atoms. The Hall–Kier alpha value is -1.06. The molecule has 0 unspecified atom stereocenters. The van der Waals surface area contributed by atoms with Gasteiger partial charge >= 0.3 is 0 Å². The van der Waals surface area contributed by atoms with E-state index in [1.165, 1.54) is 21.0 Å². The lowest BCUT2D eigenvalue weighted by Crippen LogP contribution is -2.32. The maximum Gasteiger partial charge on any atom is 0.197 e. The molecule has 0 atom stereocenters. The van der Waals surface area contributed by atoms with Crippen LogP contribution in [0.1, 0.15) is 35.3 Å². The second kappa shape index (κ2) is 4.67. The number of carbonyl (C=O) groups is 1. The minimum absolute atomic E-state index is 0.343. The summed E-state index contributed by atoms with van der Waals surface area (Å²) in [5.74, 6) is 0.0466. The van der Waals surface area contributed by atoms with Crippen molar-refractivity contribution in [3.8, 4) is 5.75 Å². The Kier molecular flexibility index (Phi) is 3.84. The summed E-state index contributed by atoms with van der Waals surface area (Å²) in [6.07, 6.45) is 0. The average Bonchev–Trinajstić information content (AvgIpc) is 2.23. The van der Waals surface area contributed by atoms with E-state index >= 15 is 0 Å². The largest absolute Gasteiger partial charge is 0.496 e. The van der Waals surface area contributed by atoms with Crippen LogP contribution in [0.25, 0.3) is 0 Å². The molecule has 0 aromatic heterocycles. The van der Waals surface area contributed by atoms with Gasteiger partial charge in [-0.05, 0) is 44.9 Å². The first-order chi connectivity index (χ1) is 7.70. The molecule has 1 N–H and O–H groups in total. The van der Waals surface area contributed by atoms with E-state index in [-0.39, 0.29) is 0 Å². The van der Waals surface area contributed by atoms with Crippen LogP contribution in [0, 0.1) is 13.8 Å². The molecule has 0 amide bonds. The Bertz CT molecular complexity index is 459. The molecule has 3 nitrogen and oxygen atoms in total. The first-order valence-electron chi connectivity index (χ1n) is 5.31. The summed E-state index contributed by atoms with van der Waals surface area (Å²) in [5.41, 5.74) is 0.371. The van der Waals surface area contributed by atoms with Crippen molar-refractivity contribution in [3.63, 3.8) is 0 Å². The maximum absolute atomic E-state index is 12.1. The lowest BCUT2D eigenvalue weighted by molar-refractivity contribution is 0.0484. The molecule has 1 aromatic rings. The van der Waals surface area contributed by atoms with E-state index in [1.54, 1.807) is 13.0 Å². The number of ether oxygens (including phenoxy) is 1. The molecule has 94 valence electrons. The molecule has 0 heterocycles. The van der Waals surface area contributed by atoms with Crippen molar-refractivity contribution in [1.29, 1.82) is 0 Å². The quantitative estimate of drug-likeness (QED) is 0.846. The number of benzene rings is 1. The summed E-state index contributed by atoms with van der Waals surface area (Å²) >= 11 is 6.12. The molecule has 1 aromatic carbocycles. The van der Waals surface area contributed by atoms with Crippen LogP contribution in [0.4, 0.5) is 0 Å². The molecule has 0 fully saturated rings. The first-order valence-corrected chi connectivity index (χ1v) is 5.68. The van der Waals surface area contributed by atoms with Crippen LogP contribution in [0.5, 0.6) is 5.75 Å². The molecule has 0 saturated carbocycles. The topological polar surface area (TPSA) is 46.5 Å². The van der Waals surface area contributed by atoms with Crippen LogP contribution in [0.2, 0.25) is 5.02 Å². The summed E-state index contributed by atoms with van der Waals surface area (Å²) in [7, 11) is 1.49. The number of hydrogen-bond acceptors (Lipinski definition) is 3. The number of rotatable bonds is 3. The van der Waals surface area contributed by atoms with Gasteiger partial charge in [0.25, 0.3) is 0 Å². The zero-order chi connectivity index (χ0) is 13.4. The third-order valence-electron chi connectivity index (χ3n) is 2.65. The fraction of sp³-hybridized carbons (Fsp3) is 0.462. The smallest absolute Gasteiger partial charge is 0.197 e. The van der Waals surface area contributed by atoms with Gasteiger partial charge in [-0.2, -0.15) is 0 Å². The molecule has 0 aliphatic rings. The fourth-order valence-electron chi connectivity index (χ4n) is 1.67. The molecular weight excluding hydrogens is 240 g/mol. The highest BCUT2D eigenvalue weighted by molar-refractivity contribution is 6.32. The molecule has 1 rings (SSSR count). The van der Waals surface area contributed by atoms with Crippen LogP contribution in [0.3, 0.4) is 0 Å². The summed E-state index contributed by atoms with van der Waals surface area (Å²) in [4.78, 5) is 12.1. The zero-order valence-electron chi connectivity index (χ0n) is 10.7. The van der Waals surface area contributed by atoms with E-state index in [0.717, 1.165) is 5.56 Å². The number of aryl methyl sites for hydroxylation is 1. The Labute approximate surface area is 106 Å². The van der Waals surface area contributed by atoms with Gasteiger partial charge in [0, 0.05) is 5.02 Å². The third-order valence-corrected chi connectivity index (χ3v) is 3.23. The molecular formula is C13H17ClO3. The van der Waals surface area contributed by atoms with Gasteiger partial charge in [-0.3, -0.25) is 4.79 Å². The highest BCUT2D eigenvalue weighted by Crippen LogP contribution is 2.33. The Morgan fingerprint density at radius 2 is 1.94 bits per heavy atom. The maximum atomic E-state index is 12.1. The van der Waals surface area contributed by atoms with Crippen molar-refractivity contribution in [2.45, 2.75) is 33.3 Å². The molecule has 0 aliphatic heterocycles. The number of methoxy groups -OCH3 is 1. The second-order valence-corrected chi connectivity index (χ2v) is 4.98. The molecule has 0 spiro atoms. The van der Waals surface area contributed by atoms with E-state index in [1.807, 2.05) is 6.92 Å². The minimum atomic E-state index is -1.45. The Morgan fingerprint density at radius 1 is 1.41 bits per heavy atom. The van der Waals surface area contributed by atoms with Crippen molar-refractivity contribution in [2.75, 3.05) is 7.11 Å². The molecule has 4 heteroatoms. The van der Waals surface area contributed by atoms with E-state index in [0.29, 0.717) is 21.9 Å². The lowest BCUT2D eigenvalue weighted by Gasteiger charge is -2.20. The predicted octanol–water partition coefficient (Wildman–Crippen LogP) is 2.92. The van der Waals surface area contributed by atoms with Crippen LogP contribution in [-0.4, -0.2) is 23.6 Å². The highest BCUT2D eigenvalue weighted by Gasteiger charge is 2.30. The SMILES string of the molecule is COc1cc(C)c(Cl)c(C)c1C(=O)C(C)(C)O. The lowest BCUT2D eigenvalue weighted by atomic mass is 9.92. The standard InChI is InChI=1S/C13H17ClO3/c1-7-6-9(17-5)10(8(2)11(7)14)12(15)13(3,4)16/h6,16H,1-5H3. The van der Waals surface area contributed by atoms with Gasteiger partial charge in [-0.25, -0.2) is 0 Å². The van der Waals surface area contributed by atoms with Gasteiger partial charge in [0.05, 0.1) is 12.7 Å². The summed E-state index contributed by atoms with van der Waals surface area (Å²) in [6.45, 7) is 6.48. The Balaban J connectivity index is 3.52. The number of halogens is 1. The van der Waals surface area contributed by atoms with Gasteiger partial charge < -0.3 is 9.84 Å². The van der Waals surface area contributed by atoms with Crippen molar-refractivity contribution >= 4 is 17.4 Å². The van der Waals surface area contributed by atoms with Gasteiger partial charge in [0.15, 0.2) is 5.78 Å². The van der Waals surface area contributed by atoms with Crippen LogP contribution in [-0.2, 0) is 0 Å². The minimum Gasteiger partial charge on any atom is -0.496 e. The van der Waals surface area contributed by atoms with Gasteiger partial charge in [0.2, 0.25) is 0 Å². The fourth-order valence-corrected chi connectivity index (χ4v) is 1.82. The van der Waals surface area contributed by atoms with E-state index in [2.05, 4.69) is 0 Å². The number of aliphatic hydroxyl groups is 1. The normalized spacial score (nSPS) is 11.5. The van der Waals surface area contributed by atoms with E-state index < -0.39 is 11.4 Å². The van der Waals surface area contributed by atoms with Gasteiger partial charge in [0.1, 0.15) is 11.4 Å². The van der Waals surface area contributed by atoms with Crippen LogP contribution < -0.4 is 4.74 Å². The molecule has 0 aliphatic carbocycles. The zero-order valence-corrected chi connectivity index (χ0v) is 11.5. The first kappa shape index (κ1) is 14.0. The number of Topliss-reactive ketones (excluding diaryl/α,β-unsaturated/α-hetero) is 1. The Morgan fingerprint density at radius 3 is 2.35 bits per heavy atom. The van der Waals surface area contributed by atoms with Crippen molar-refractivity contribution in [1.82, 2.24) is 0 Å². The summed E-state index contributed by atoms with van der Waals surface area (Å²) < 4.78 is 5.19. The highest BCUT2D eigenvalue weighted by atomic mass is 35.5. The molecule has 0 radical (unpaired) electrons. The second-order valence-electron chi connectivity index (χ2n) is 4.60. The molecule has 17 heavy (non-hydrogen) atoms. The number of ketones is 1. The van der Waals surface area contributed by atoms with Crippen molar-refractivity contribution in [2.24, 2.45) is 0 Å². The van der Waals surface area contributed by atoms with Crippen molar-refractivity contribution in [3.05, 3.63) is 27.8 Å². The van der Waals surface area contributed by atoms with Gasteiger partial charge in [-0.1, -0.05) is 11.6 Å². The van der Waals surface area contributed by atoms with Crippen LogP contribution >= 0.6 is 11.6 Å². The van der Waals surface area contributed by atoms with Crippen LogP contribution in [0.15, 0.2) is 6.07 Å². The number of carbonyl (C=O) groups excluding carboxylic acids is 1. The average molecular weight is 257 g/mol. The third kappa shape index (κ3) is 2.61. The van der Waals surface area contributed by atoms with Gasteiger partial charge in [-0.15, -0.1) is 0 Å².